The highest BCUT2D eigenvalue weighted by Gasteiger charge is 2.38. The van der Waals surface area contributed by atoms with Crippen molar-refractivity contribution in [2.45, 2.75) is 26.2 Å². The van der Waals surface area contributed by atoms with Crippen LogP contribution in [0.4, 0.5) is 0 Å². The molecule has 1 aliphatic carbocycles. The molecular formula is C8H10O2. The Morgan fingerprint density at radius 2 is 2.30 bits per heavy atom. The lowest BCUT2D eigenvalue weighted by Crippen LogP contribution is -1.95. The fourth-order valence-electron chi connectivity index (χ4n) is 0.904. The fraction of sp³-hybridized carbons (Fsp3) is 0.625. The molecule has 0 amide bonds. The molecule has 0 aromatic carbocycles. The lowest BCUT2D eigenvalue weighted by molar-refractivity contribution is -0.130. The lowest BCUT2D eigenvalue weighted by Gasteiger charge is -1.97. The van der Waals surface area contributed by atoms with Crippen LogP contribution in [0.25, 0.3) is 0 Å². The molecule has 10 heavy (non-hydrogen) atoms. The molecule has 0 aliphatic heterocycles. The Labute approximate surface area is 60.2 Å². The molecule has 1 saturated carbocycles. The summed E-state index contributed by atoms with van der Waals surface area (Å²) in [4.78, 5) is 10.0. The van der Waals surface area contributed by atoms with Gasteiger partial charge in [0.2, 0.25) is 0 Å². The molecule has 0 aromatic rings. The number of rotatable bonds is 1. The van der Waals surface area contributed by atoms with E-state index in [2.05, 4.69) is 11.8 Å². The Hall–Kier alpha value is -0.970. The van der Waals surface area contributed by atoms with Gasteiger partial charge in [0.1, 0.15) is 0 Å². The number of carbonyl (C=O) groups is 1. The standard InChI is InChI=1S/C8H10O2/c1-2-8(5-6-8)4-3-7(9)10/h2,5-6H2,1H3,(H,9,10). The minimum Gasteiger partial charge on any atom is -0.472 e. The van der Waals surface area contributed by atoms with Gasteiger partial charge in [-0.2, -0.15) is 0 Å². The summed E-state index contributed by atoms with van der Waals surface area (Å²) in [5, 5.41) is 8.23. The van der Waals surface area contributed by atoms with Gasteiger partial charge in [0.05, 0.1) is 0 Å². The van der Waals surface area contributed by atoms with E-state index in [1.54, 1.807) is 0 Å². The average molecular weight is 138 g/mol. The summed E-state index contributed by atoms with van der Waals surface area (Å²) in [6.07, 6.45) is 3.13. The SMILES string of the molecule is CCC1(C#CC(=O)O)CC1. The van der Waals surface area contributed by atoms with Crippen molar-refractivity contribution in [1.29, 1.82) is 0 Å². The van der Waals surface area contributed by atoms with Crippen molar-refractivity contribution in [1.82, 2.24) is 0 Å². The summed E-state index contributed by atoms with van der Waals surface area (Å²) in [5.41, 5.74) is 0.0817. The molecule has 1 aliphatic rings. The third kappa shape index (κ3) is 1.51. The molecule has 1 rings (SSSR count). The summed E-state index contributed by atoms with van der Waals surface area (Å²) in [6, 6.07) is 0. The quantitative estimate of drug-likeness (QED) is 0.554. The van der Waals surface area contributed by atoms with E-state index < -0.39 is 5.97 Å². The Morgan fingerprint density at radius 3 is 2.60 bits per heavy atom. The largest absolute Gasteiger partial charge is 0.472 e. The molecule has 0 unspecified atom stereocenters. The van der Waals surface area contributed by atoms with Crippen molar-refractivity contribution in [3.05, 3.63) is 0 Å². The molecule has 54 valence electrons. The second-order valence-corrected chi connectivity index (χ2v) is 2.69. The van der Waals surface area contributed by atoms with Crippen LogP contribution in [-0.4, -0.2) is 11.1 Å². The fourth-order valence-corrected chi connectivity index (χ4v) is 0.904. The minimum absolute atomic E-state index is 0.0817. The predicted molar refractivity (Wildman–Crippen MR) is 37.4 cm³/mol. The van der Waals surface area contributed by atoms with Gasteiger partial charge in [-0.25, -0.2) is 4.79 Å². The highest BCUT2D eigenvalue weighted by Crippen LogP contribution is 2.47. The van der Waals surface area contributed by atoms with E-state index in [0.717, 1.165) is 19.3 Å². The molecule has 0 radical (unpaired) electrons. The molecule has 2 heteroatoms. The second kappa shape index (κ2) is 2.34. The average Bonchev–Trinajstić information content (AvgIpc) is 2.64. The first kappa shape index (κ1) is 7.14. The van der Waals surface area contributed by atoms with E-state index in [4.69, 9.17) is 5.11 Å². The van der Waals surface area contributed by atoms with E-state index in [9.17, 15) is 4.79 Å². The Bertz CT molecular complexity index is 203. The molecule has 0 spiro atoms. The van der Waals surface area contributed by atoms with E-state index >= 15 is 0 Å². The van der Waals surface area contributed by atoms with Crippen molar-refractivity contribution >= 4 is 5.97 Å². The number of aliphatic carboxylic acids is 1. The topological polar surface area (TPSA) is 37.3 Å². The molecular weight excluding hydrogens is 128 g/mol. The summed E-state index contributed by atoms with van der Waals surface area (Å²) >= 11 is 0. The van der Waals surface area contributed by atoms with Gasteiger partial charge in [-0.3, -0.25) is 0 Å². The maximum absolute atomic E-state index is 10.0. The Morgan fingerprint density at radius 1 is 1.70 bits per heavy atom. The van der Waals surface area contributed by atoms with Gasteiger partial charge in [-0.1, -0.05) is 12.8 Å². The molecule has 0 heterocycles. The number of carboxylic acid groups (broad SMARTS) is 1. The van der Waals surface area contributed by atoms with Crippen LogP contribution in [-0.2, 0) is 4.79 Å². The van der Waals surface area contributed by atoms with Gasteiger partial charge in [0.25, 0.3) is 0 Å². The molecule has 0 aromatic heterocycles. The third-order valence-electron chi connectivity index (χ3n) is 1.96. The van der Waals surface area contributed by atoms with Crippen LogP contribution in [0.3, 0.4) is 0 Å². The predicted octanol–water partition coefficient (Wildman–Crippen LogP) is 1.26. The zero-order valence-electron chi connectivity index (χ0n) is 5.98. The summed E-state index contributed by atoms with van der Waals surface area (Å²) in [6.45, 7) is 2.05. The maximum atomic E-state index is 10.0. The number of hydrogen-bond donors (Lipinski definition) is 1. The first-order valence-corrected chi connectivity index (χ1v) is 3.45. The number of hydrogen-bond acceptors (Lipinski definition) is 1. The first-order chi connectivity index (χ1) is 4.68. The highest BCUT2D eigenvalue weighted by molar-refractivity contribution is 5.86. The molecule has 1 N–H and O–H groups in total. The summed E-state index contributed by atoms with van der Waals surface area (Å²) in [7, 11) is 0. The van der Waals surface area contributed by atoms with E-state index in [-0.39, 0.29) is 5.41 Å². The van der Waals surface area contributed by atoms with Crippen LogP contribution in [0, 0.1) is 17.3 Å². The van der Waals surface area contributed by atoms with Crippen LogP contribution in [0.2, 0.25) is 0 Å². The van der Waals surface area contributed by atoms with E-state index in [0.29, 0.717) is 0 Å². The zero-order valence-corrected chi connectivity index (χ0v) is 5.98. The molecule has 2 nitrogen and oxygen atoms in total. The van der Waals surface area contributed by atoms with Gasteiger partial charge >= 0.3 is 5.97 Å². The smallest absolute Gasteiger partial charge is 0.381 e. The van der Waals surface area contributed by atoms with Gasteiger partial charge in [0.15, 0.2) is 0 Å². The summed E-state index contributed by atoms with van der Waals surface area (Å²) in [5.74, 6) is 3.92. The van der Waals surface area contributed by atoms with Crippen molar-refractivity contribution < 1.29 is 9.90 Å². The Balaban J connectivity index is 2.54. The van der Waals surface area contributed by atoms with Crippen molar-refractivity contribution in [2.24, 2.45) is 5.41 Å². The van der Waals surface area contributed by atoms with Crippen LogP contribution in [0.15, 0.2) is 0 Å². The maximum Gasteiger partial charge on any atom is 0.381 e. The van der Waals surface area contributed by atoms with Gasteiger partial charge in [-0.15, -0.1) is 0 Å². The second-order valence-electron chi connectivity index (χ2n) is 2.69. The zero-order chi connectivity index (χ0) is 7.61. The number of carboxylic acids is 1. The summed E-state index contributed by atoms with van der Waals surface area (Å²) < 4.78 is 0. The van der Waals surface area contributed by atoms with Crippen molar-refractivity contribution in [3.63, 3.8) is 0 Å². The first-order valence-electron chi connectivity index (χ1n) is 3.45. The van der Waals surface area contributed by atoms with Crippen LogP contribution in [0.1, 0.15) is 26.2 Å². The molecule has 1 fully saturated rings. The van der Waals surface area contributed by atoms with E-state index in [1.165, 1.54) is 0 Å². The lowest BCUT2D eigenvalue weighted by atomic mass is 10.1. The van der Waals surface area contributed by atoms with Gasteiger partial charge in [-0.05, 0) is 19.3 Å². The van der Waals surface area contributed by atoms with Crippen molar-refractivity contribution in [2.75, 3.05) is 0 Å². The van der Waals surface area contributed by atoms with Crippen LogP contribution < -0.4 is 0 Å². The third-order valence-corrected chi connectivity index (χ3v) is 1.96. The van der Waals surface area contributed by atoms with Crippen LogP contribution >= 0.6 is 0 Å². The van der Waals surface area contributed by atoms with Gasteiger partial charge in [0, 0.05) is 11.3 Å². The van der Waals surface area contributed by atoms with Crippen LogP contribution in [0.5, 0.6) is 0 Å². The monoisotopic (exact) mass is 138 g/mol. The van der Waals surface area contributed by atoms with Crippen molar-refractivity contribution in [3.8, 4) is 11.8 Å². The van der Waals surface area contributed by atoms with Gasteiger partial charge < -0.3 is 5.11 Å². The molecule has 0 bridgehead atoms. The Kier molecular flexibility index (Phi) is 1.67. The normalized spacial score (nSPS) is 18.9. The molecule has 0 atom stereocenters. The minimum atomic E-state index is -1.01. The molecule has 0 saturated heterocycles. The van der Waals surface area contributed by atoms with E-state index in [1.807, 2.05) is 6.92 Å². The highest BCUT2D eigenvalue weighted by atomic mass is 16.4.